The average Bonchev–Trinajstić information content (AvgIpc) is 2.42. The van der Waals surface area contributed by atoms with E-state index < -0.39 is 0 Å². The van der Waals surface area contributed by atoms with E-state index >= 15 is 0 Å². The molecule has 2 aromatic carbocycles. The summed E-state index contributed by atoms with van der Waals surface area (Å²) in [5, 5.41) is 9.03. The molecule has 20 heavy (non-hydrogen) atoms. The molecule has 0 atom stereocenters. The molecule has 0 saturated carbocycles. The molecule has 2 heteroatoms. The van der Waals surface area contributed by atoms with Gasteiger partial charge in [-0.15, -0.1) is 0 Å². The molecule has 0 aliphatic heterocycles. The molecule has 106 valence electrons. The Morgan fingerprint density at radius 3 is 2.45 bits per heavy atom. The maximum absolute atomic E-state index is 9.03. The quantitative estimate of drug-likeness (QED) is 0.887. The van der Waals surface area contributed by atoms with Crippen LogP contribution in [0.1, 0.15) is 23.6 Å². The number of hydrogen-bond acceptors (Lipinski definition) is 2. The first-order chi connectivity index (χ1) is 9.65. The number of aryl methyl sites for hydroxylation is 2. The van der Waals surface area contributed by atoms with Gasteiger partial charge in [0.15, 0.2) is 0 Å². The number of aliphatic hydroxyl groups excluding tert-OH is 1. The zero-order valence-electron chi connectivity index (χ0n) is 12.6. The molecular weight excluding hydrogens is 246 g/mol. The summed E-state index contributed by atoms with van der Waals surface area (Å²) in [6.45, 7) is 7.56. The molecule has 0 unspecified atom stereocenters. The molecule has 0 aliphatic carbocycles. The van der Waals surface area contributed by atoms with E-state index in [-0.39, 0.29) is 6.61 Å². The monoisotopic (exact) mass is 269 g/mol. The second kappa shape index (κ2) is 6.58. The summed E-state index contributed by atoms with van der Waals surface area (Å²) < 4.78 is 0. The largest absolute Gasteiger partial charge is 0.396 e. The minimum Gasteiger partial charge on any atom is -0.396 e. The maximum atomic E-state index is 9.03. The lowest BCUT2D eigenvalue weighted by atomic mass is 10.1. The Morgan fingerprint density at radius 2 is 1.85 bits per heavy atom. The van der Waals surface area contributed by atoms with Crippen LogP contribution in [0.5, 0.6) is 0 Å². The van der Waals surface area contributed by atoms with Crippen LogP contribution in [-0.2, 0) is 6.42 Å². The number of nitrogens with zero attached hydrogens (tertiary/aromatic N) is 1. The highest BCUT2D eigenvalue weighted by Gasteiger charge is 2.10. The second-order valence-electron chi connectivity index (χ2n) is 5.18. The molecule has 2 aromatic rings. The lowest BCUT2D eigenvalue weighted by molar-refractivity contribution is 0.299. The third-order valence-corrected chi connectivity index (χ3v) is 3.58. The van der Waals surface area contributed by atoms with E-state index in [9.17, 15) is 0 Å². The van der Waals surface area contributed by atoms with Crippen LogP contribution in [0.4, 0.5) is 11.4 Å². The highest BCUT2D eigenvalue weighted by molar-refractivity contribution is 5.67. The molecule has 2 rings (SSSR count). The number of rotatable bonds is 5. The van der Waals surface area contributed by atoms with E-state index in [1.54, 1.807) is 0 Å². The van der Waals surface area contributed by atoms with E-state index in [0.717, 1.165) is 13.0 Å². The third-order valence-electron chi connectivity index (χ3n) is 3.58. The molecule has 1 N–H and O–H groups in total. The molecule has 0 bridgehead atoms. The fourth-order valence-electron chi connectivity index (χ4n) is 2.59. The van der Waals surface area contributed by atoms with Crippen LogP contribution in [-0.4, -0.2) is 18.3 Å². The first-order valence-electron chi connectivity index (χ1n) is 7.20. The number of anilines is 2. The van der Waals surface area contributed by atoms with E-state index in [4.69, 9.17) is 5.11 Å². The SMILES string of the molecule is CCN(c1cccc(C)c1)c1ccc(CCO)cc1C. The highest BCUT2D eigenvalue weighted by Crippen LogP contribution is 2.29. The first kappa shape index (κ1) is 14.6. The predicted octanol–water partition coefficient (Wildman–Crippen LogP) is 4.00. The fraction of sp³-hybridized carbons (Fsp3) is 0.333. The van der Waals surface area contributed by atoms with Crippen molar-refractivity contribution in [3.63, 3.8) is 0 Å². The van der Waals surface area contributed by atoms with Gasteiger partial charge in [-0.05, 0) is 62.1 Å². The standard InChI is InChI=1S/C18H23NO/c1-4-19(17-7-5-6-14(2)12-17)18-9-8-16(10-11-20)13-15(18)3/h5-9,12-13,20H,4,10-11H2,1-3H3. The summed E-state index contributed by atoms with van der Waals surface area (Å²) >= 11 is 0. The Bertz CT molecular complexity index is 577. The number of aliphatic hydroxyl groups is 1. The van der Waals surface area contributed by atoms with Crippen LogP contribution in [0.3, 0.4) is 0 Å². The summed E-state index contributed by atoms with van der Waals surface area (Å²) in [5.74, 6) is 0. The minimum atomic E-state index is 0.203. The van der Waals surface area contributed by atoms with Crippen molar-refractivity contribution in [3.8, 4) is 0 Å². The molecule has 0 saturated heterocycles. The molecule has 0 amide bonds. The van der Waals surface area contributed by atoms with Gasteiger partial charge < -0.3 is 10.0 Å². The van der Waals surface area contributed by atoms with Gasteiger partial charge in [-0.3, -0.25) is 0 Å². The molecule has 2 nitrogen and oxygen atoms in total. The van der Waals surface area contributed by atoms with Gasteiger partial charge in [-0.1, -0.05) is 24.3 Å². The van der Waals surface area contributed by atoms with Crippen molar-refractivity contribution in [2.24, 2.45) is 0 Å². The van der Waals surface area contributed by atoms with Crippen LogP contribution >= 0.6 is 0 Å². The molecule has 0 heterocycles. The van der Waals surface area contributed by atoms with Crippen LogP contribution in [0.25, 0.3) is 0 Å². The maximum Gasteiger partial charge on any atom is 0.0471 e. The summed E-state index contributed by atoms with van der Waals surface area (Å²) in [6.07, 6.45) is 0.720. The van der Waals surface area contributed by atoms with Crippen molar-refractivity contribution in [2.45, 2.75) is 27.2 Å². The van der Waals surface area contributed by atoms with Gasteiger partial charge in [0.25, 0.3) is 0 Å². The van der Waals surface area contributed by atoms with Crippen molar-refractivity contribution in [3.05, 3.63) is 59.2 Å². The predicted molar refractivity (Wildman–Crippen MR) is 85.8 cm³/mol. The summed E-state index contributed by atoms with van der Waals surface area (Å²) in [5.41, 5.74) is 6.18. The van der Waals surface area contributed by atoms with Gasteiger partial charge in [0, 0.05) is 24.5 Å². The van der Waals surface area contributed by atoms with Gasteiger partial charge in [0.05, 0.1) is 0 Å². The Labute approximate surface area is 121 Å². The van der Waals surface area contributed by atoms with Crippen LogP contribution in [0.2, 0.25) is 0 Å². The zero-order valence-corrected chi connectivity index (χ0v) is 12.6. The van der Waals surface area contributed by atoms with E-state index in [1.165, 1.54) is 28.1 Å². The minimum absolute atomic E-state index is 0.203. The van der Waals surface area contributed by atoms with Crippen LogP contribution in [0, 0.1) is 13.8 Å². The molecular formula is C18H23NO. The highest BCUT2D eigenvalue weighted by atomic mass is 16.2. The van der Waals surface area contributed by atoms with Crippen molar-refractivity contribution < 1.29 is 5.11 Å². The molecule has 0 aromatic heterocycles. The molecule has 0 fully saturated rings. The van der Waals surface area contributed by atoms with Gasteiger partial charge in [-0.25, -0.2) is 0 Å². The van der Waals surface area contributed by atoms with E-state index in [0.29, 0.717) is 0 Å². The van der Waals surface area contributed by atoms with Gasteiger partial charge in [0.1, 0.15) is 0 Å². The number of benzene rings is 2. The topological polar surface area (TPSA) is 23.5 Å². The van der Waals surface area contributed by atoms with Crippen molar-refractivity contribution in [1.82, 2.24) is 0 Å². The zero-order chi connectivity index (χ0) is 14.5. The van der Waals surface area contributed by atoms with Gasteiger partial charge >= 0.3 is 0 Å². The Morgan fingerprint density at radius 1 is 1.05 bits per heavy atom. The lowest BCUT2D eigenvalue weighted by Gasteiger charge is -2.26. The fourth-order valence-corrected chi connectivity index (χ4v) is 2.59. The van der Waals surface area contributed by atoms with Gasteiger partial charge in [-0.2, -0.15) is 0 Å². The first-order valence-corrected chi connectivity index (χ1v) is 7.20. The molecule has 0 radical (unpaired) electrons. The van der Waals surface area contributed by atoms with Crippen LogP contribution in [0.15, 0.2) is 42.5 Å². The smallest absolute Gasteiger partial charge is 0.0471 e. The number of hydrogen-bond donors (Lipinski definition) is 1. The van der Waals surface area contributed by atoms with Crippen molar-refractivity contribution in [1.29, 1.82) is 0 Å². The summed E-state index contributed by atoms with van der Waals surface area (Å²) in [7, 11) is 0. The van der Waals surface area contributed by atoms with E-state index in [1.807, 2.05) is 0 Å². The summed E-state index contributed by atoms with van der Waals surface area (Å²) in [4.78, 5) is 2.32. The summed E-state index contributed by atoms with van der Waals surface area (Å²) in [6, 6.07) is 15.0. The molecule has 0 spiro atoms. The van der Waals surface area contributed by atoms with E-state index in [2.05, 4.69) is 68.1 Å². The Balaban J connectivity index is 2.37. The normalized spacial score (nSPS) is 10.6. The van der Waals surface area contributed by atoms with Crippen LogP contribution < -0.4 is 4.90 Å². The Hall–Kier alpha value is -1.80. The van der Waals surface area contributed by atoms with Gasteiger partial charge in [0.2, 0.25) is 0 Å². The van der Waals surface area contributed by atoms with Crippen molar-refractivity contribution >= 4 is 11.4 Å². The Kier molecular flexibility index (Phi) is 4.80. The molecule has 0 aliphatic rings. The van der Waals surface area contributed by atoms with Crippen molar-refractivity contribution in [2.75, 3.05) is 18.1 Å². The lowest BCUT2D eigenvalue weighted by Crippen LogP contribution is -2.17. The second-order valence-corrected chi connectivity index (χ2v) is 5.18. The third kappa shape index (κ3) is 3.20. The average molecular weight is 269 g/mol.